The van der Waals surface area contributed by atoms with Crippen LogP contribution >= 0.6 is 0 Å². The fourth-order valence-corrected chi connectivity index (χ4v) is 2.42. The van der Waals surface area contributed by atoms with Crippen molar-refractivity contribution in [2.45, 2.75) is 26.3 Å². The van der Waals surface area contributed by atoms with Crippen molar-refractivity contribution in [3.05, 3.63) is 69.5 Å². The number of hydrogen-bond acceptors (Lipinski definition) is 4. The molecule has 8 heteroatoms. The van der Waals surface area contributed by atoms with Crippen molar-refractivity contribution in [3.8, 4) is 0 Å². The van der Waals surface area contributed by atoms with Gasteiger partial charge < -0.3 is 10.6 Å². The summed E-state index contributed by atoms with van der Waals surface area (Å²) in [5, 5.41) is 16.0. The van der Waals surface area contributed by atoms with Crippen LogP contribution in [0.5, 0.6) is 0 Å². The van der Waals surface area contributed by atoms with Gasteiger partial charge in [-0.1, -0.05) is 29.8 Å². The minimum absolute atomic E-state index is 0.0756. The van der Waals surface area contributed by atoms with E-state index < -0.39 is 28.4 Å². The van der Waals surface area contributed by atoms with E-state index in [0.717, 1.165) is 23.3 Å². The van der Waals surface area contributed by atoms with E-state index in [1.165, 1.54) is 13.0 Å². The molecule has 2 amide bonds. The number of hydrogen-bond donors (Lipinski definition) is 2. The number of nitro benzene ring substituents is 1. The summed E-state index contributed by atoms with van der Waals surface area (Å²) >= 11 is 0. The number of aryl methyl sites for hydroxylation is 1. The number of carbonyl (C=O) groups excluding carboxylic acids is 2. The minimum Gasteiger partial charge on any atom is -0.349 e. The van der Waals surface area contributed by atoms with Gasteiger partial charge in [-0.2, -0.15) is 4.39 Å². The van der Waals surface area contributed by atoms with Crippen LogP contribution in [0.1, 0.15) is 30.5 Å². The van der Waals surface area contributed by atoms with Crippen molar-refractivity contribution < 1.29 is 18.9 Å². The molecule has 2 aromatic rings. The zero-order valence-electron chi connectivity index (χ0n) is 14.3. The highest BCUT2D eigenvalue weighted by molar-refractivity contribution is 5.92. The number of halogens is 1. The number of nitrogens with zero attached hydrogens (tertiary/aromatic N) is 1. The zero-order valence-corrected chi connectivity index (χ0v) is 14.3. The highest BCUT2D eigenvalue weighted by atomic mass is 19.1. The van der Waals surface area contributed by atoms with Crippen molar-refractivity contribution in [2.24, 2.45) is 0 Å². The van der Waals surface area contributed by atoms with Crippen molar-refractivity contribution in [1.82, 2.24) is 5.32 Å². The molecule has 0 aliphatic heterocycles. The summed E-state index contributed by atoms with van der Waals surface area (Å²) in [7, 11) is 0. The molecule has 0 radical (unpaired) electrons. The van der Waals surface area contributed by atoms with Gasteiger partial charge in [0.15, 0.2) is 0 Å². The number of nitrogens with one attached hydrogen (secondary N) is 2. The van der Waals surface area contributed by atoms with Crippen LogP contribution in [0.3, 0.4) is 0 Å². The molecule has 1 unspecified atom stereocenters. The predicted molar refractivity (Wildman–Crippen MR) is 94.0 cm³/mol. The van der Waals surface area contributed by atoms with Gasteiger partial charge in [-0.25, -0.2) is 0 Å². The highest BCUT2D eigenvalue weighted by Crippen LogP contribution is 2.23. The summed E-state index contributed by atoms with van der Waals surface area (Å²) in [6.07, 6.45) is -0.0756. The van der Waals surface area contributed by atoms with Crippen molar-refractivity contribution in [1.29, 1.82) is 0 Å². The third-order valence-electron chi connectivity index (χ3n) is 3.67. The molecule has 7 nitrogen and oxygen atoms in total. The van der Waals surface area contributed by atoms with Gasteiger partial charge in [-0.15, -0.1) is 0 Å². The lowest BCUT2D eigenvalue weighted by Crippen LogP contribution is -2.29. The number of nitro groups is 1. The van der Waals surface area contributed by atoms with Gasteiger partial charge in [0.05, 0.1) is 17.4 Å². The Morgan fingerprint density at radius 3 is 2.42 bits per heavy atom. The molecule has 2 N–H and O–H groups in total. The molecule has 0 saturated heterocycles. The smallest absolute Gasteiger partial charge is 0.306 e. The van der Waals surface area contributed by atoms with Gasteiger partial charge in [0.25, 0.3) is 0 Å². The van der Waals surface area contributed by atoms with E-state index in [9.17, 15) is 24.1 Å². The molecule has 1 atom stereocenters. The zero-order chi connectivity index (χ0) is 19.3. The molecule has 2 rings (SSSR count). The second kappa shape index (κ2) is 8.19. The van der Waals surface area contributed by atoms with Crippen LogP contribution in [0, 0.1) is 22.9 Å². The third-order valence-corrected chi connectivity index (χ3v) is 3.67. The Morgan fingerprint density at radius 2 is 1.85 bits per heavy atom. The van der Waals surface area contributed by atoms with E-state index in [0.29, 0.717) is 0 Å². The van der Waals surface area contributed by atoms with E-state index in [2.05, 4.69) is 10.6 Å². The topological polar surface area (TPSA) is 101 Å². The quantitative estimate of drug-likeness (QED) is 0.610. The maximum Gasteiger partial charge on any atom is 0.306 e. The summed E-state index contributed by atoms with van der Waals surface area (Å²) < 4.78 is 13.4. The Labute approximate surface area is 149 Å². The Balaban J connectivity index is 2.14. The fraction of sp³-hybridized carbons (Fsp3) is 0.222. The first kappa shape index (κ1) is 19.0. The van der Waals surface area contributed by atoms with Crippen molar-refractivity contribution >= 4 is 23.2 Å². The van der Waals surface area contributed by atoms with E-state index in [1.807, 2.05) is 31.2 Å². The second-order valence-corrected chi connectivity index (χ2v) is 5.84. The average Bonchev–Trinajstić information content (AvgIpc) is 2.56. The van der Waals surface area contributed by atoms with Crippen LogP contribution in [0.4, 0.5) is 15.8 Å². The molecule has 0 bridgehead atoms. The first-order chi connectivity index (χ1) is 12.3. The maximum absolute atomic E-state index is 13.4. The number of anilines is 1. The second-order valence-electron chi connectivity index (χ2n) is 5.84. The molecular formula is C18H18FN3O4. The number of rotatable bonds is 6. The van der Waals surface area contributed by atoms with Gasteiger partial charge in [-0.3, -0.25) is 19.7 Å². The van der Waals surface area contributed by atoms with Gasteiger partial charge in [0.2, 0.25) is 17.6 Å². The van der Waals surface area contributed by atoms with Gasteiger partial charge >= 0.3 is 5.69 Å². The van der Waals surface area contributed by atoms with E-state index in [-0.39, 0.29) is 18.0 Å². The molecule has 0 aromatic heterocycles. The van der Waals surface area contributed by atoms with Gasteiger partial charge in [-0.05, 0) is 24.6 Å². The van der Waals surface area contributed by atoms with E-state index in [1.54, 1.807) is 0 Å². The van der Waals surface area contributed by atoms with Gasteiger partial charge in [0, 0.05) is 18.7 Å². The van der Waals surface area contributed by atoms with Gasteiger partial charge in [0.1, 0.15) is 0 Å². The van der Waals surface area contributed by atoms with Crippen LogP contribution in [0.2, 0.25) is 0 Å². The molecule has 0 fully saturated rings. The summed E-state index contributed by atoms with van der Waals surface area (Å²) in [5.74, 6) is -1.74. The summed E-state index contributed by atoms with van der Waals surface area (Å²) in [6.45, 7) is 3.27. The Hall–Kier alpha value is -3.29. The predicted octanol–water partition coefficient (Wildman–Crippen LogP) is 3.25. The summed E-state index contributed by atoms with van der Waals surface area (Å²) in [4.78, 5) is 33.6. The molecule has 0 heterocycles. The lowest BCUT2D eigenvalue weighted by Gasteiger charge is -2.18. The molecular weight excluding hydrogens is 341 g/mol. The Kier molecular flexibility index (Phi) is 6.00. The molecule has 0 aliphatic rings. The number of carbonyl (C=O) groups is 2. The monoisotopic (exact) mass is 359 g/mol. The highest BCUT2D eigenvalue weighted by Gasteiger charge is 2.19. The van der Waals surface area contributed by atoms with Crippen LogP contribution in [0.15, 0.2) is 42.5 Å². The standard InChI is InChI=1S/C18H18FN3O4/c1-11-3-5-13(6-4-11)16(20-12(2)23)10-18(24)21-14-7-8-15(19)17(9-14)22(25)26/h3-9,16H,10H2,1-2H3,(H,20,23)(H,21,24). The molecule has 0 spiro atoms. The minimum atomic E-state index is -0.983. The largest absolute Gasteiger partial charge is 0.349 e. The molecule has 0 aliphatic carbocycles. The van der Waals surface area contributed by atoms with E-state index in [4.69, 9.17) is 0 Å². The fourth-order valence-electron chi connectivity index (χ4n) is 2.42. The third kappa shape index (κ3) is 5.10. The molecule has 0 saturated carbocycles. The van der Waals surface area contributed by atoms with E-state index >= 15 is 0 Å². The molecule has 2 aromatic carbocycles. The number of benzene rings is 2. The van der Waals surface area contributed by atoms with Crippen molar-refractivity contribution in [2.75, 3.05) is 5.32 Å². The lowest BCUT2D eigenvalue weighted by molar-refractivity contribution is -0.387. The van der Waals surface area contributed by atoms with Crippen LogP contribution in [-0.4, -0.2) is 16.7 Å². The summed E-state index contributed by atoms with van der Waals surface area (Å²) in [6, 6.07) is 9.91. The first-order valence-electron chi connectivity index (χ1n) is 7.83. The van der Waals surface area contributed by atoms with Crippen molar-refractivity contribution in [3.63, 3.8) is 0 Å². The normalized spacial score (nSPS) is 11.5. The molecule has 26 heavy (non-hydrogen) atoms. The summed E-state index contributed by atoms with van der Waals surface area (Å²) in [5.41, 5.74) is 1.18. The Morgan fingerprint density at radius 1 is 1.19 bits per heavy atom. The SMILES string of the molecule is CC(=O)NC(CC(=O)Nc1ccc(F)c([N+](=O)[O-])c1)c1ccc(C)cc1. The van der Waals surface area contributed by atoms with Crippen LogP contribution in [0.25, 0.3) is 0 Å². The van der Waals surface area contributed by atoms with Crippen LogP contribution < -0.4 is 10.6 Å². The maximum atomic E-state index is 13.4. The van der Waals surface area contributed by atoms with Crippen LogP contribution in [-0.2, 0) is 9.59 Å². The Bertz CT molecular complexity index is 837. The number of amides is 2. The molecule has 136 valence electrons. The average molecular weight is 359 g/mol. The first-order valence-corrected chi connectivity index (χ1v) is 7.83. The lowest BCUT2D eigenvalue weighted by atomic mass is 10.0.